The minimum absolute atomic E-state index is 0.0176. The SMILES string of the molecule is C[C@@H](NC(=O)C1(C)CCCCN1)c1ccc(F)cc1. The second-order valence-corrected chi connectivity index (χ2v) is 5.46. The maximum absolute atomic E-state index is 12.9. The van der Waals surface area contributed by atoms with Crippen LogP contribution in [-0.2, 0) is 4.79 Å². The number of carbonyl (C=O) groups excluding carboxylic acids is 1. The highest BCUT2D eigenvalue weighted by molar-refractivity contribution is 5.86. The molecule has 0 aromatic heterocycles. The summed E-state index contributed by atoms with van der Waals surface area (Å²) in [6, 6.07) is 6.12. The first-order valence-electron chi connectivity index (χ1n) is 6.83. The Morgan fingerprint density at radius 1 is 1.37 bits per heavy atom. The molecule has 1 aromatic rings. The van der Waals surface area contributed by atoms with Crippen molar-refractivity contribution in [1.82, 2.24) is 10.6 Å². The molecule has 104 valence electrons. The van der Waals surface area contributed by atoms with E-state index in [-0.39, 0.29) is 17.8 Å². The van der Waals surface area contributed by atoms with Crippen molar-refractivity contribution in [2.75, 3.05) is 6.54 Å². The fourth-order valence-electron chi connectivity index (χ4n) is 2.44. The molecule has 1 unspecified atom stereocenters. The highest BCUT2D eigenvalue weighted by Crippen LogP contribution is 2.21. The van der Waals surface area contributed by atoms with E-state index in [1.54, 1.807) is 12.1 Å². The monoisotopic (exact) mass is 264 g/mol. The summed E-state index contributed by atoms with van der Waals surface area (Å²) < 4.78 is 12.9. The molecular formula is C15H21FN2O. The third-order valence-corrected chi connectivity index (χ3v) is 3.84. The van der Waals surface area contributed by atoms with Gasteiger partial charge in [-0.3, -0.25) is 4.79 Å². The number of halogens is 1. The summed E-state index contributed by atoms with van der Waals surface area (Å²) >= 11 is 0. The molecule has 19 heavy (non-hydrogen) atoms. The van der Waals surface area contributed by atoms with E-state index in [4.69, 9.17) is 0 Å². The molecule has 2 N–H and O–H groups in total. The van der Waals surface area contributed by atoms with Gasteiger partial charge in [0, 0.05) is 0 Å². The van der Waals surface area contributed by atoms with Crippen molar-refractivity contribution in [3.63, 3.8) is 0 Å². The Balaban J connectivity index is 2.00. The predicted octanol–water partition coefficient (Wildman–Crippen LogP) is 2.54. The number of rotatable bonds is 3. The molecule has 0 bridgehead atoms. The van der Waals surface area contributed by atoms with Gasteiger partial charge < -0.3 is 10.6 Å². The van der Waals surface area contributed by atoms with E-state index in [1.807, 2.05) is 13.8 Å². The van der Waals surface area contributed by atoms with Crippen LogP contribution in [0.25, 0.3) is 0 Å². The third-order valence-electron chi connectivity index (χ3n) is 3.84. The van der Waals surface area contributed by atoms with Gasteiger partial charge in [0.25, 0.3) is 0 Å². The van der Waals surface area contributed by atoms with E-state index < -0.39 is 5.54 Å². The van der Waals surface area contributed by atoms with Crippen LogP contribution < -0.4 is 10.6 Å². The first-order chi connectivity index (χ1) is 9.01. The molecule has 0 radical (unpaired) electrons. The van der Waals surface area contributed by atoms with Crippen molar-refractivity contribution in [1.29, 1.82) is 0 Å². The van der Waals surface area contributed by atoms with Crippen LogP contribution in [0, 0.1) is 5.82 Å². The summed E-state index contributed by atoms with van der Waals surface area (Å²) in [7, 11) is 0. The fraction of sp³-hybridized carbons (Fsp3) is 0.533. The van der Waals surface area contributed by atoms with E-state index in [0.717, 1.165) is 31.4 Å². The van der Waals surface area contributed by atoms with Crippen molar-refractivity contribution in [3.05, 3.63) is 35.6 Å². The first-order valence-corrected chi connectivity index (χ1v) is 6.83. The van der Waals surface area contributed by atoms with Crippen LogP contribution in [0.2, 0.25) is 0 Å². The fourth-order valence-corrected chi connectivity index (χ4v) is 2.44. The minimum atomic E-state index is -0.480. The molecule has 1 aromatic carbocycles. The quantitative estimate of drug-likeness (QED) is 0.881. The average molecular weight is 264 g/mol. The van der Waals surface area contributed by atoms with Crippen LogP contribution in [0.3, 0.4) is 0 Å². The van der Waals surface area contributed by atoms with E-state index in [9.17, 15) is 9.18 Å². The van der Waals surface area contributed by atoms with Gasteiger partial charge >= 0.3 is 0 Å². The molecule has 1 fully saturated rings. The van der Waals surface area contributed by atoms with Crippen LogP contribution in [0.4, 0.5) is 4.39 Å². The van der Waals surface area contributed by atoms with E-state index in [2.05, 4.69) is 10.6 Å². The lowest BCUT2D eigenvalue weighted by Crippen LogP contribution is -2.57. The highest BCUT2D eigenvalue weighted by Gasteiger charge is 2.34. The lowest BCUT2D eigenvalue weighted by molar-refractivity contribution is -0.128. The molecular weight excluding hydrogens is 243 g/mol. The van der Waals surface area contributed by atoms with Gasteiger partial charge in [-0.1, -0.05) is 12.1 Å². The molecule has 0 aliphatic carbocycles. The second kappa shape index (κ2) is 5.70. The largest absolute Gasteiger partial charge is 0.348 e. The summed E-state index contributed by atoms with van der Waals surface area (Å²) in [5.41, 5.74) is 0.432. The number of hydrogen-bond acceptors (Lipinski definition) is 2. The van der Waals surface area contributed by atoms with Crippen LogP contribution in [-0.4, -0.2) is 18.0 Å². The average Bonchev–Trinajstić information content (AvgIpc) is 2.40. The summed E-state index contributed by atoms with van der Waals surface area (Å²) in [5, 5.41) is 6.29. The Hall–Kier alpha value is -1.42. The molecule has 0 spiro atoms. The number of benzene rings is 1. The van der Waals surface area contributed by atoms with Crippen LogP contribution in [0.1, 0.15) is 44.7 Å². The van der Waals surface area contributed by atoms with Gasteiger partial charge in [0.1, 0.15) is 5.82 Å². The van der Waals surface area contributed by atoms with E-state index in [0.29, 0.717) is 0 Å². The molecule has 4 heteroatoms. The second-order valence-electron chi connectivity index (χ2n) is 5.46. The summed E-state index contributed by atoms with van der Waals surface area (Å²) in [6.07, 6.45) is 3.05. The van der Waals surface area contributed by atoms with Crippen LogP contribution in [0.5, 0.6) is 0 Å². The summed E-state index contributed by atoms with van der Waals surface area (Å²) in [4.78, 5) is 12.3. The Kier molecular flexibility index (Phi) is 4.20. The number of carbonyl (C=O) groups is 1. The zero-order valence-electron chi connectivity index (χ0n) is 11.5. The number of hydrogen-bond donors (Lipinski definition) is 2. The van der Waals surface area contributed by atoms with Gasteiger partial charge in [-0.2, -0.15) is 0 Å². The molecule has 1 aliphatic heterocycles. The molecule has 3 nitrogen and oxygen atoms in total. The molecule has 0 saturated carbocycles. The Morgan fingerprint density at radius 3 is 2.63 bits per heavy atom. The molecule has 1 aliphatic rings. The normalized spacial score (nSPS) is 24.8. The summed E-state index contributed by atoms with van der Waals surface area (Å²) in [6.45, 7) is 4.74. The third kappa shape index (κ3) is 3.32. The Labute approximate surface area is 113 Å². The lowest BCUT2D eigenvalue weighted by Gasteiger charge is -2.34. The maximum Gasteiger partial charge on any atom is 0.240 e. The van der Waals surface area contributed by atoms with Gasteiger partial charge in [-0.15, -0.1) is 0 Å². The maximum atomic E-state index is 12.9. The highest BCUT2D eigenvalue weighted by atomic mass is 19.1. The van der Waals surface area contributed by atoms with E-state index in [1.165, 1.54) is 12.1 Å². The van der Waals surface area contributed by atoms with Gasteiger partial charge in [0.15, 0.2) is 0 Å². The Morgan fingerprint density at radius 2 is 2.05 bits per heavy atom. The van der Waals surface area contributed by atoms with Crippen molar-refractivity contribution >= 4 is 5.91 Å². The summed E-state index contributed by atoms with van der Waals surface area (Å²) in [5.74, 6) is -0.243. The van der Waals surface area contributed by atoms with Crippen LogP contribution >= 0.6 is 0 Å². The standard InChI is InChI=1S/C15H21FN2O/c1-11(12-5-7-13(16)8-6-12)18-14(19)15(2)9-3-4-10-17-15/h5-8,11,17H,3-4,9-10H2,1-2H3,(H,18,19)/t11-,15?/m1/s1. The zero-order chi connectivity index (χ0) is 13.9. The van der Waals surface area contributed by atoms with Crippen LogP contribution in [0.15, 0.2) is 24.3 Å². The van der Waals surface area contributed by atoms with Gasteiger partial charge in [0.05, 0.1) is 11.6 Å². The molecule has 2 rings (SSSR count). The zero-order valence-corrected chi connectivity index (χ0v) is 11.5. The lowest BCUT2D eigenvalue weighted by atomic mass is 9.89. The molecule has 1 heterocycles. The predicted molar refractivity (Wildman–Crippen MR) is 73.2 cm³/mol. The smallest absolute Gasteiger partial charge is 0.240 e. The number of amides is 1. The van der Waals surface area contributed by atoms with E-state index >= 15 is 0 Å². The van der Waals surface area contributed by atoms with Gasteiger partial charge in [0.2, 0.25) is 5.91 Å². The Bertz CT molecular complexity index is 438. The van der Waals surface area contributed by atoms with Crippen molar-refractivity contribution < 1.29 is 9.18 Å². The molecule has 2 atom stereocenters. The number of nitrogens with one attached hydrogen (secondary N) is 2. The molecule has 1 saturated heterocycles. The van der Waals surface area contributed by atoms with Crippen molar-refractivity contribution in [2.45, 2.75) is 44.7 Å². The van der Waals surface area contributed by atoms with Crippen molar-refractivity contribution in [2.24, 2.45) is 0 Å². The minimum Gasteiger partial charge on any atom is -0.348 e. The van der Waals surface area contributed by atoms with Gasteiger partial charge in [-0.25, -0.2) is 4.39 Å². The topological polar surface area (TPSA) is 41.1 Å². The number of piperidine rings is 1. The molecule has 1 amide bonds. The van der Waals surface area contributed by atoms with Gasteiger partial charge in [-0.05, 0) is 57.4 Å². The first kappa shape index (κ1) is 14.0. The van der Waals surface area contributed by atoms with Crippen molar-refractivity contribution in [3.8, 4) is 0 Å².